The van der Waals surface area contributed by atoms with Gasteiger partial charge in [0.25, 0.3) is 5.91 Å². The van der Waals surface area contributed by atoms with Crippen LogP contribution in [-0.4, -0.2) is 36.0 Å². The Balaban J connectivity index is 2.15. The number of aromatic nitrogens is 1. The highest BCUT2D eigenvalue weighted by Gasteiger charge is 2.18. The highest BCUT2D eigenvalue weighted by Crippen LogP contribution is 2.18. The van der Waals surface area contributed by atoms with Gasteiger partial charge in [0.15, 0.2) is 0 Å². The largest absolute Gasteiger partial charge is 0.354 e. The second-order valence-electron chi connectivity index (χ2n) is 5.95. The second-order valence-corrected chi connectivity index (χ2v) is 5.95. The van der Waals surface area contributed by atoms with Crippen molar-refractivity contribution in [2.45, 2.75) is 19.4 Å². The fourth-order valence-corrected chi connectivity index (χ4v) is 2.48. The van der Waals surface area contributed by atoms with Gasteiger partial charge >= 0.3 is 0 Å². The fraction of sp³-hybridized carbons (Fsp3) is 0.389. The predicted octanol–water partition coefficient (Wildman–Crippen LogP) is 2.76. The van der Waals surface area contributed by atoms with Gasteiger partial charge in [-0.25, -0.2) is 0 Å². The maximum atomic E-state index is 12.6. The van der Waals surface area contributed by atoms with Gasteiger partial charge in [0.1, 0.15) is 0 Å². The molecular weight excluding hydrogens is 274 g/mol. The number of hydrogen-bond acceptors (Lipinski definition) is 2. The molecule has 1 aromatic heterocycles. The van der Waals surface area contributed by atoms with Crippen molar-refractivity contribution in [3.63, 3.8) is 0 Å². The minimum atomic E-state index is -0.00860. The molecular formula is C18H25N3O. The van der Waals surface area contributed by atoms with Crippen molar-refractivity contribution in [3.8, 4) is 0 Å². The zero-order chi connectivity index (χ0) is 16.1. The summed E-state index contributed by atoms with van der Waals surface area (Å²) in [5.41, 5.74) is 2.87. The first-order chi connectivity index (χ1) is 10.5. The molecule has 2 aromatic rings. The summed E-state index contributed by atoms with van der Waals surface area (Å²) >= 11 is 0. The number of nitrogens with one attached hydrogen (secondary N) is 1. The Bertz CT molecular complexity index is 617. The zero-order valence-corrected chi connectivity index (χ0v) is 13.8. The van der Waals surface area contributed by atoms with Gasteiger partial charge in [-0.1, -0.05) is 30.3 Å². The van der Waals surface area contributed by atoms with Crippen molar-refractivity contribution < 1.29 is 4.79 Å². The van der Waals surface area contributed by atoms with Crippen molar-refractivity contribution in [3.05, 3.63) is 59.4 Å². The Morgan fingerprint density at radius 2 is 1.91 bits per heavy atom. The number of carbonyl (C=O) groups excluding carboxylic acids is 1. The van der Waals surface area contributed by atoms with Crippen LogP contribution in [0.25, 0.3) is 0 Å². The standard InChI is InChI=1S/C18H25N3O/c1-14-16(10-13-21(14)4)18(22)19-17(11-12-20(2)3)15-8-6-5-7-9-15/h5-10,13,17H,11-12H2,1-4H3,(H,19,22)/t17-/m1/s1. The number of aryl methyl sites for hydroxylation is 1. The number of carbonyl (C=O) groups is 1. The molecule has 22 heavy (non-hydrogen) atoms. The summed E-state index contributed by atoms with van der Waals surface area (Å²) in [5.74, 6) is -0.00860. The second kappa shape index (κ2) is 7.27. The molecule has 0 aliphatic heterocycles. The van der Waals surface area contributed by atoms with Gasteiger partial charge in [0.05, 0.1) is 11.6 Å². The van der Waals surface area contributed by atoms with E-state index < -0.39 is 0 Å². The van der Waals surface area contributed by atoms with Crippen LogP contribution in [0.3, 0.4) is 0 Å². The molecule has 1 atom stereocenters. The first-order valence-electron chi connectivity index (χ1n) is 7.61. The third-order valence-electron chi connectivity index (χ3n) is 4.00. The number of nitrogens with zero attached hydrogens (tertiary/aromatic N) is 2. The zero-order valence-electron chi connectivity index (χ0n) is 13.8. The van der Waals surface area contributed by atoms with Gasteiger partial charge in [-0.2, -0.15) is 0 Å². The van der Waals surface area contributed by atoms with Gasteiger partial charge in [-0.3, -0.25) is 4.79 Å². The van der Waals surface area contributed by atoms with Crippen LogP contribution in [0.4, 0.5) is 0 Å². The van der Waals surface area contributed by atoms with Crippen LogP contribution >= 0.6 is 0 Å². The highest BCUT2D eigenvalue weighted by atomic mass is 16.1. The first kappa shape index (κ1) is 16.3. The smallest absolute Gasteiger partial charge is 0.253 e. The molecule has 118 valence electrons. The molecule has 0 saturated heterocycles. The number of rotatable bonds is 6. The lowest BCUT2D eigenvalue weighted by molar-refractivity contribution is 0.0932. The SMILES string of the molecule is Cc1c(C(=O)N[C@H](CCN(C)C)c2ccccc2)ccn1C. The Hall–Kier alpha value is -2.07. The van der Waals surface area contributed by atoms with E-state index in [0.717, 1.165) is 29.8 Å². The minimum Gasteiger partial charge on any atom is -0.354 e. The van der Waals surface area contributed by atoms with Gasteiger partial charge in [0, 0.05) is 18.9 Å². The van der Waals surface area contributed by atoms with Crippen molar-refractivity contribution in [2.24, 2.45) is 7.05 Å². The molecule has 1 aromatic carbocycles. The molecule has 1 amide bonds. The van der Waals surface area contributed by atoms with Crippen LogP contribution in [0.1, 0.15) is 34.1 Å². The van der Waals surface area contributed by atoms with E-state index in [1.165, 1.54) is 0 Å². The van der Waals surface area contributed by atoms with Crippen LogP contribution in [0.5, 0.6) is 0 Å². The summed E-state index contributed by atoms with van der Waals surface area (Å²) in [6, 6.07) is 12.1. The van der Waals surface area contributed by atoms with E-state index in [0.29, 0.717) is 0 Å². The van der Waals surface area contributed by atoms with E-state index in [1.54, 1.807) is 0 Å². The Morgan fingerprint density at radius 1 is 1.23 bits per heavy atom. The Morgan fingerprint density at radius 3 is 2.45 bits per heavy atom. The molecule has 1 heterocycles. The first-order valence-corrected chi connectivity index (χ1v) is 7.61. The molecule has 4 heteroatoms. The lowest BCUT2D eigenvalue weighted by Gasteiger charge is -2.21. The Labute approximate surface area is 132 Å². The third-order valence-corrected chi connectivity index (χ3v) is 4.00. The topological polar surface area (TPSA) is 37.3 Å². The molecule has 0 aliphatic rings. The average Bonchev–Trinajstić information content (AvgIpc) is 2.84. The van der Waals surface area contributed by atoms with Crippen LogP contribution < -0.4 is 5.32 Å². The summed E-state index contributed by atoms with van der Waals surface area (Å²) in [7, 11) is 6.04. The number of hydrogen-bond donors (Lipinski definition) is 1. The number of amides is 1. The van der Waals surface area contributed by atoms with E-state index in [2.05, 4.69) is 22.3 Å². The normalized spacial score (nSPS) is 12.4. The van der Waals surface area contributed by atoms with E-state index >= 15 is 0 Å². The summed E-state index contributed by atoms with van der Waals surface area (Å²) in [6.07, 6.45) is 2.80. The van der Waals surface area contributed by atoms with Crippen LogP contribution in [0, 0.1) is 6.92 Å². The monoisotopic (exact) mass is 299 g/mol. The minimum absolute atomic E-state index is 0.00860. The van der Waals surface area contributed by atoms with E-state index in [1.807, 2.05) is 63.1 Å². The predicted molar refractivity (Wildman–Crippen MR) is 90.0 cm³/mol. The van der Waals surface area contributed by atoms with E-state index in [4.69, 9.17) is 0 Å². The van der Waals surface area contributed by atoms with Crippen molar-refractivity contribution in [2.75, 3.05) is 20.6 Å². The molecule has 0 unspecified atom stereocenters. The van der Waals surface area contributed by atoms with Crippen LogP contribution in [0.2, 0.25) is 0 Å². The molecule has 0 saturated carbocycles. The lowest BCUT2D eigenvalue weighted by Crippen LogP contribution is -2.31. The molecule has 0 bridgehead atoms. The maximum absolute atomic E-state index is 12.6. The summed E-state index contributed by atoms with van der Waals surface area (Å²) < 4.78 is 1.96. The maximum Gasteiger partial charge on any atom is 0.253 e. The van der Waals surface area contributed by atoms with Gasteiger partial charge in [0.2, 0.25) is 0 Å². The molecule has 0 radical (unpaired) electrons. The van der Waals surface area contributed by atoms with Crippen molar-refractivity contribution in [1.29, 1.82) is 0 Å². The number of benzene rings is 1. The summed E-state index contributed by atoms with van der Waals surface area (Å²) in [5, 5.41) is 3.18. The van der Waals surface area contributed by atoms with Gasteiger partial charge in [-0.05, 0) is 45.6 Å². The van der Waals surface area contributed by atoms with Crippen molar-refractivity contribution >= 4 is 5.91 Å². The fourth-order valence-electron chi connectivity index (χ4n) is 2.48. The third kappa shape index (κ3) is 3.98. The Kier molecular flexibility index (Phi) is 5.39. The molecule has 0 spiro atoms. The van der Waals surface area contributed by atoms with Gasteiger partial charge < -0.3 is 14.8 Å². The van der Waals surface area contributed by atoms with E-state index in [-0.39, 0.29) is 11.9 Å². The summed E-state index contributed by atoms with van der Waals surface area (Å²) in [6.45, 7) is 2.89. The van der Waals surface area contributed by atoms with Crippen molar-refractivity contribution in [1.82, 2.24) is 14.8 Å². The van der Waals surface area contributed by atoms with Crippen LogP contribution in [0.15, 0.2) is 42.6 Å². The average molecular weight is 299 g/mol. The van der Waals surface area contributed by atoms with E-state index in [9.17, 15) is 4.79 Å². The summed E-state index contributed by atoms with van der Waals surface area (Å²) in [4.78, 5) is 14.7. The van der Waals surface area contributed by atoms with Gasteiger partial charge in [-0.15, -0.1) is 0 Å². The lowest BCUT2D eigenvalue weighted by atomic mass is 10.0. The molecule has 0 aliphatic carbocycles. The quantitative estimate of drug-likeness (QED) is 0.890. The molecule has 1 N–H and O–H groups in total. The highest BCUT2D eigenvalue weighted by molar-refractivity contribution is 5.95. The molecule has 4 nitrogen and oxygen atoms in total. The molecule has 2 rings (SSSR count). The molecule has 0 fully saturated rings. The van der Waals surface area contributed by atoms with Crippen LogP contribution in [-0.2, 0) is 7.05 Å².